The molecule has 0 heterocycles. The molecule has 0 aliphatic carbocycles. The highest BCUT2D eigenvalue weighted by Crippen LogP contribution is 2.38. The van der Waals surface area contributed by atoms with Crippen molar-refractivity contribution < 1.29 is 18.1 Å². The van der Waals surface area contributed by atoms with Gasteiger partial charge in [-0.25, -0.2) is 0 Å². The maximum absolute atomic E-state index is 12.6. The maximum Gasteiger partial charge on any atom is 0.416 e. The Morgan fingerprint density at radius 1 is 1.00 bits per heavy atom. The van der Waals surface area contributed by atoms with Gasteiger partial charge in [-0.1, -0.05) is 23.2 Å². The van der Waals surface area contributed by atoms with Crippen molar-refractivity contribution >= 4 is 28.9 Å². The first kappa shape index (κ1) is 15.6. The molecule has 0 aromatic heterocycles. The van der Waals surface area contributed by atoms with Crippen LogP contribution in [0, 0.1) is 10.1 Å². The van der Waals surface area contributed by atoms with E-state index in [-0.39, 0.29) is 21.2 Å². The molecule has 2 rings (SSSR count). The van der Waals surface area contributed by atoms with Crippen molar-refractivity contribution in [3.63, 3.8) is 0 Å². The Morgan fingerprint density at radius 3 is 2.05 bits per heavy atom. The van der Waals surface area contributed by atoms with Crippen LogP contribution in [0.15, 0.2) is 36.4 Å². The van der Waals surface area contributed by atoms with Crippen LogP contribution in [0.25, 0.3) is 11.1 Å². The van der Waals surface area contributed by atoms with Gasteiger partial charge in [-0.15, -0.1) is 0 Å². The summed E-state index contributed by atoms with van der Waals surface area (Å²) in [7, 11) is 0. The summed E-state index contributed by atoms with van der Waals surface area (Å²) in [4.78, 5) is 10.1. The molecule has 0 aliphatic heterocycles. The smallest absolute Gasteiger partial charge is 0.258 e. The average Bonchev–Trinajstić information content (AvgIpc) is 2.35. The predicted molar refractivity (Wildman–Crippen MR) is 73.6 cm³/mol. The highest BCUT2D eigenvalue weighted by molar-refractivity contribution is 6.35. The Balaban J connectivity index is 2.66. The fraction of sp³-hybridized carbons (Fsp3) is 0.0769. The van der Waals surface area contributed by atoms with E-state index in [2.05, 4.69) is 0 Å². The van der Waals surface area contributed by atoms with E-state index in [9.17, 15) is 23.3 Å². The third-order valence-corrected chi connectivity index (χ3v) is 3.13. The number of rotatable bonds is 2. The third-order valence-electron chi connectivity index (χ3n) is 2.70. The van der Waals surface area contributed by atoms with Gasteiger partial charge < -0.3 is 0 Å². The van der Waals surface area contributed by atoms with Gasteiger partial charge in [0.25, 0.3) is 5.69 Å². The zero-order valence-electron chi connectivity index (χ0n) is 10.1. The fourth-order valence-corrected chi connectivity index (χ4v) is 2.34. The number of nitro benzene ring substituents is 1. The van der Waals surface area contributed by atoms with Crippen LogP contribution in [0.4, 0.5) is 18.9 Å². The molecule has 110 valence electrons. The Labute approximate surface area is 127 Å². The number of halogens is 5. The Bertz CT molecular complexity index is 697. The molecule has 8 heteroatoms. The molecule has 0 fully saturated rings. The van der Waals surface area contributed by atoms with Gasteiger partial charge in [0.1, 0.15) is 0 Å². The highest BCUT2D eigenvalue weighted by Gasteiger charge is 2.33. The van der Waals surface area contributed by atoms with Crippen LogP contribution < -0.4 is 0 Å². The molecule has 0 amide bonds. The van der Waals surface area contributed by atoms with Crippen LogP contribution >= 0.6 is 23.2 Å². The maximum atomic E-state index is 12.6. The van der Waals surface area contributed by atoms with Gasteiger partial charge in [0.15, 0.2) is 0 Å². The lowest BCUT2D eigenvalue weighted by Gasteiger charge is -2.09. The Hall–Kier alpha value is -1.79. The molecule has 0 saturated heterocycles. The lowest BCUT2D eigenvalue weighted by Crippen LogP contribution is -2.06. The molecule has 0 radical (unpaired) electrons. The third kappa shape index (κ3) is 3.46. The highest BCUT2D eigenvalue weighted by atomic mass is 35.5. The van der Waals surface area contributed by atoms with Gasteiger partial charge in [0.05, 0.1) is 16.1 Å². The van der Waals surface area contributed by atoms with Crippen LogP contribution in [0.5, 0.6) is 0 Å². The lowest BCUT2D eigenvalue weighted by atomic mass is 10.0. The van der Waals surface area contributed by atoms with Gasteiger partial charge in [0, 0.05) is 16.1 Å². The van der Waals surface area contributed by atoms with Crippen molar-refractivity contribution in [1.82, 2.24) is 0 Å². The monoisotopic (exact) mass is 335 g/mol. The Kier molecular flexibility index (Phi) is 4.11. The van der Waals surface area contributed by atoms with E-state index >= 15 is 0 Å². The van der Waals surface area contributed by atoms with E-state index in [1.54, 1.807) is 0 Å². The fourth-order valence-electron chi connectivity index (χ4n) is 1.81. The van der Waals surface area contributed by atoms with E-state index in [0.29, 0.717) is 6.07 Å². The predicted octanol–water partition coefficient (Wildman–Crippen LogP) is 5.59. The first-order valence-electron chi connectivity index (χ1n) is 5.50. The van der Waals surface area contributed by atoms with Crippen molar-refractivity contribution in [2.45, 2.75) is 6.18 Å². The van der Waals surface area contributed by atoms with Crippen LogP contribution in [0.3, 0.4) is 0 Å². The van der Waals surface area contributed by atoms with Crippen molar-refractivity contribution in [3.8, 4) is 11.1 Å². The molecule has 0 N–H and O–H groups in total. The van der Waals surface area contributed by atoms with E-state index < -0.39 is 22.4 Å². The molecule has 2 aromatic rings. The van der Waals surface area contributed by atoms with Crippen LogP contribution in [-0.4, -0.2) is 4.92 Å². The molecule has 0 unspecified atom stereocenters. The first-order chi connectivity index (χ1) is 9.68. The van der Waals surface area contributed by atoms with Crippen molar-refractivity contribution in [2.75, 3.05) is 0 Å². The van der Waals surface area contributed by atoms with Crippen molar-refractivity contribution in [1.29, 1.82) is 0 Å². The summed E-state index contributed by atoms with van der Waals surface area (Å²) in [6.07, 6.45) is -4.66. The first-order valence-corrected chi connectivity index (χ1v) is 6.26. The summed E-state index contributed by atoms with van der Waals surface area (Å²) in [6.45, 7) is 0. The molecule has 0 aliphatic rings. The van der Waals surface area contributed by atoms with Gasteiger partial charge in [-0.05, 0) is 35.9 Å². The summed E-state index contributed by atoms with van der Waals surface area (Å²) in [5.74, 6) is 0. The second kappa shape index (κ2) is 5.54. The number of nitro groups is 1. The number of alkyl halides is 3. The number of hydrogen-bond acceptors (Lipinski definition) is 2. The van der Waals surface area contributed by atoms with E-state index in [1.807, 2.05) is 0 Å². The summed E-state index contributed by atoms with van der Waals surface area (Å²) >= 11 is 11.6. The van der Waals surface area contributed by atoms with Gasteiger partial charge in [0.2, 0.25) is 0 Å². The molecule has 0 spiro atoms. The van der Waals surface area contributed by atoms with Gasteiger partial charge in [-0.2, -0.15) is 13.2 Å². The summed E-state index contributed by atoms with van der Waals surface area (Å²) in [6, 6.07) is 6.50. The Morgan fingerprint density at radius 2 is 1.57 bits per heavy atom. The number of nitrogens with zero attached hydrogens (tertiary/aromatic N) is 1. The van der Waals surface area contributed by atoms with Crippen LogP contribution in [-0.2, 0) is 6.18 Å². The minimum Gasteiger partial charge on any atom is -0.258 e. The second-order valence-corrected chi connectivity index (χ2v) is 5.02. The molecule has 2 aromatic carbocycles. The molecule has 0 atom stereocenters. The quantitative estimate of drug-likeness (QED) is 0.530. The average molecular weight is 336 g/mol. The number of hydrogen-bond donors (Lipinski definition) is 0. The van der Waals surface area contributed by atoms with Gasteiger partial charge >= 0.3 is 6.18 Å². The summed E-state index contributed by atoms with van der Waals surface area (Å²) < 4.78 is 37.9. The minimum atomic E-state index is -4.66. The van der Waals surface area contributed by atoms with E-state index in [0.717, 1.165) is 12.1 Å². The topological polar surface area (TPSA) is 43.1 Å². The normalized spacial score (nSPS) is 11.5. The molecule has 3 nitrogen and oxygen atoms in total. The van der Waals surface area contributed by atoms with Crippen molar-refractivity contribution in [3.05, 3.63) is 62.1 Å². The van der Waals surface area contributed by atoms with Gasteiger partial charge in [-0.3, -0.25) is 10.1 Å². The van der Waals surface area contributed by atoms with E-state index in [1.165, 1.54) is 18.2 Å². The molecule has 0 bridgehead atoms. The molecule has 0 saturated carbocycles. The molecular formula is C13H6Cl2F3NO2. The van der Waals surface area contributed by atoms with Crippen LogP contribution in [0.1, 0.15) is 5.56 Å². The van der Waals surface area contributed by atoms with Crippen molar-refractivity contribution in [2.24, 2.45) is 0 Å². The SMILES string of the molecule is O=[N+]([O-])c1cc(C(F)(F)F)ccc1-c1cc(Cl)cc(Cl)c1. The number of benzene rings is 2. The zero-order chi connectivity index (χ0) is 15.8. The minimum absolute atomic E-state index is 0.0115. The van der Waals surface area contributed by atoms with Crippen LogP contribution in [0.2, 0.25) is 10.0 Å². The zero-order valence-corrected chi connectivity index (χ0v) is 11.6. The molecule has 21 heavy (non-hydrogen) atoms. The molecular weight excluding hydrogens is 330 g/mol. The summed E-state index contributed by atoms with van der Waals surface area (Å²) in [5.41, 5.74) is -1.47. The van der Waals surface area contributed by atoms with E-state index in [4.69, 9.17) is 23.2 Å². The summed E-state index contributed by atoms with van der Waals surface area (Å²) in [5, 5.41) is 11.5. The second-order valence-electron chi connectivity index (χ2n) is 4.14. The standard InChI is InChI=1S/C13H6Cl2F3NO2/c14-9-3-7(4-10(15)6-9)11-2-1-8(13(16,17)18)5-12(11)19(20)21/h1-6H. The lowest BCUT2D eigenvalue weighted by molar-refractivity contribution is -0.384. The largest absolute Gasteiger partial charge is 0.416 e.